The number of aromatic nitrogens is 3. The normalized spacial score (nSPS) is 14.9. The van der Waals surface area contributed by atoms with Gasteiger partial charge in [0.05, 0.1) is 12.5 Å². The Morgan fingerprint density at radius 1 is 1.20 bits per heavy atom. The number of benzene rings is 1. The molecule has 1 aromatic carbocycles. The van der Waals surface area contributed by atoms with Gasteiger partial charge in [-0.25, -0.2) is 0 Å². The van der Waals surface area contributed by atoms with Gasteiger partial charge in [-0.2, -0.15) is 4.98 Å². The second-order valence-corrected chi connectivity index (χ2v) is 6.00. The minimum absolute atomic E-state index is 0.0220. The molecule has 25 heavy (non-hydrogen) atoms. The number of nitrogens with one attached hydrogen (secondary N) is 1. The van der Waals surface area contributed by atoms with Crippen molar-refractivity contribution in [3.63, 3.8) is 0 Å². The third-order valence-electron chi connectivity index (χ3n) is 4.09. The molecule has 7 heteroatoms. The molecule has 0 saturated carbocycles. The summed E-state index contributed by atoms with van der Waals surface area (Å²) in [6, 6.07) is 13.2. The number of likely N-dealkylation sites (tertiary alicyclic amines) is 1. The lowest BCUT2D eigenvalue weighted by atomic mass is 10.0. The second kappa shape index (κ2) is 6.82. The first-order chi connectivity index (χ1) is 12.3. The van der Waals surface area contributed by atoms with Gasteiger partial charge in [-0.05, 0) is 24.3 Å². The summed E-state index contributed by atoms with van der Waals surface area (Å²) in [4.78, 5) is 22.6. The fourth-order valence-electron chi connectivity index (χ4n) is 2.79. The summed E-state index contributed by atoms with van der Waals surface area (Å²) in [5, 5.41) is 6.89. The van der Waals surface area contributed by atoms with E-state index in [0.717, 1.165) is 24.3 Å². The molecule has 0 bridgehead atoms. The van der Waals surface area contributed by atoms with Crippen LogP contribution in [0, 0.1) is 0 Å². The summed E-state index contributed by atoms with van der Waals surface area (Å²) >= 11 is 0. The van der Waals surface area contributed by atoms with Gasteiger partial charge in [0.1, 0.15) is 0 Å². The zero-order chi connectivity index (χ0) is 17.1. The fraction of sp³-hybridized carbons (Fsp3) is 0.222. The van der Waals surface area contributed by atoms with Crippen LogP contribution >= 0.6 is 0 Å². The van der Waals surface area contributed by atoms with Gasteiger partial charge in [0.25, 0.3) is 0 Å². The summed E-state index contributed by atoms with van der Waals surface area (Å²) < 4.78 is 5.36. The Bertz CT molecular complexity index is 844. The first-order valence-corrected chi connectivity index (χ1v) is 8.09. The van der Waals surface area contributed by atoms with Gasteiger partial charge in [-0.3, -0.25) is 14.7 Å². The quantitative estimate of drug-likeness (QED) is 0.769. The van der Waals surface area contributed by atoms with Crippen molar-refractivity contribution < 1.29 is 9.32 Å². The van der Waals surface area contributed by atoms with Crippen LogP contribution in [0.2, 0.25) is 0 Å². The van der Waals surface area contributed by atoms with E-state index < -0.39 is 0 Å². The first kappa shape index (κ1) is 15.5. The van der Waals surface area contributed by atoms with Crippen LogP contribution in [-0.4, -0.2) is 45.6 Å². The molecule has 1 aliphatic rings. The number of carbonyl (C=O) groups is 1. The molecule has 2 aromatic heterocycles. The Morgan fingerprint density at radius 2 is 2.04 bits per heavy atom. The number of rotatable bonds is 5. The lowest BCUT2D eigenvalue weighted by Crippen LogP contribution is -2.48. The third kappa shape index (κ3) is 3.56. The van der Waals surface area contributed by atoms with Crippen molar-refractivity contribution in [2.24, 2.45) is 0 Å². The number of nitrogens with zero attached hydrogens (tertiary/aromatic N) is 4. The summed E-state index contributed by atoms with van der Waals surface area (Å²) in [5.41, 5.74) is 1.64. The Hall–Kier alpha value is -3.06. The predicted molar refractivity (Wildman–Crippen MR) is 91.8 cm³/mol. The van der Waals surface area contributed by atoms with Gasteiger partial charge >= 0.3 is 0 Å². The minimum Gasteiger partial charge on any atom is -0.339 e. The van der Waals surface area contributed by atoms with E-state index in [1.54, 1.807) is 12.4 Å². The third-order valence-corrected chi connectivity index (χ3v) is 4.09. The molecule has 0 unspecified atom stereocenters. The smallest absolute Gasteiger partial charge is 0.238 e. The molecule has 1 saturated heterocycles. The average Bonchev–Trinajstić information content (AvgIpc) is 3.09. The Morgan fingerprint density at radius 3 is 2.80 bits per heavy atom. The summed E-state index contributed by atoms with van der Waals surface area (Å²) in [5.74, 6) is 1.30. The van der Waals surface area contributed by atoms with Crippen LogP contribution in [0.1, 0.15) is 11.8 Å². The van der Waals surface area contributed by atoms with Crippen molar-refractivity contribution in [3.05, 3.63) is 60.7 Å². The Kier molecular flexibility index (Phi) is 4.22. The zero-order valence-electron chi connectivity index (χ0n) is 13.5. The van der Waals surface area contributed by atoms with Crippen LogP contribution < -0.4 is 5.32 Å². The van der Waals surface area contributed by atoms with Crippen molar-refractivity contribution in [3.8, 4) is 11.4 Å². The van der Waals surface area contributed by atoms with E-state index in [1.807, 2.05) is 42.5 Å². The number of carbonyl (C=O) groups excluding carboxylic acids is 1. The number of amides is 1. The number of hydrogen-bond acceptors (Lipinski definition) is 6. The molecular formula is C18H17N5O2. The van der Waals surface area contributed by atoms with Crippen LogP contribution in [-0.2, 0) is 4.79 Å². The van der Waals surface area contributed by atoms with E-state index >= 15 is 0 Å². The van der Waals surface area contributed by atoms with E-state index in [4.69, 9.17) is 4.52 Å². The van der Waals surface area contributed by atoms with E-state index in [2.05, 4.69) is 25.3 Å². The summed E-state index contributed by atoms with van der Waals surface area (Å²) in [6.07, 6.45) is 3.41. The van der Waals surface area contributed by atoms with Crippen LogP contribution in [0.15, 0.2) is 59.4 Å². The van der Waals surface area contributed by atoms with E-state index in [1.165, 1.54) is 0 Å². The topological polar surface area (TPSA) is 84.2 Å². The maximum atomic E-state index is 12.0. The van der Waals surface area contributed by atoms with Gasteiger partial charge in [0.2, 0.25) is 17.6 Å². The van der Waals surface area contributed by atoms with E-state index in [-0.39, 0.29) is 11.8 Å². The van der Waals surface area contributed by atoms with Gasteiger partial charge in [0.15, 0.2) is 0 Å². The largest absolute Gasteiger partial charge is 0.339 e. The van der Waals surface area contributed by atoms with Gasteiger partial charge in [-0.1, -0.05) is 23.4 Å². The second-order valence-electron chi connectivity index (χ2n) is 6.00. The zero-order valence-corrected chi connectivity index (χ0v) is 13.5. The fourth-order valence-corrected chi connectivity index (χ4v) is 2.79. The first-order valence-electron chi connectivity index (χ1n) is 8.09. The molecule has 0 radical (unpaired) electrons. The van der Waals surface area contributed by atoms with E-state index in [0.29, 0.717) is 18.3 Å². The summed E-state index contributed by atoms with van der Waals surface area (Å²) in [7, 11) is 0. The standard InChI is InChI=1S/C18H17N5O2/c24-16(20-15-6-2-1-3-7-15)12-23-10-14(11-23)18-21-17(22-25-18)13-5-4-8-19-9-13/h1-9,14H,10-12H2,(H,20,24). The molecule has 4 rings (SSSR count). The Balaban J connectivity index is 1.29. The molecule has 1 fully saturated rings. The highest BCUT2D eigenvalue weighted by Crippen LogP contribution is 2.27. The minimum atomic E-state index is -0.0220. The molecule has 1 N–H and O–H groups in total. The van der Waals surface area contributed by atoms with Crippen LogP contribution in [0.4, 0.5) is 5.69 Å². The average molecular weight is 335 g/mol. The van der Waals surface area contributed by atoms with E-state index in [9.17, 15) is 4.79 Å². The molecule has 0 atom stereocenters. The molecule has 0 aliphatic carbocycles. The highest BCUT2D eigenvalue weighted by atomic mass is 16.5. The highest BCUT2D eigenvalue weighted by molar-refractivity contribution is 5.92. The van der Waals surface area contributed by atoms with Crippen LogP contribution in [0.25, 0.3) is 11.4 Å². The molecule has 126 valence electrons. The molecule has 3 aromatic rings. The van der Waals surface area contributed by atoms with Crippen molar-refractivity contribution >= 4 is 11.6 Å². The SMILES string of the molecule is O=C(CN1CC(c2nc(-c3cccnc3)no2)C1)Nc1ccccc1. The van der Waals surface area contributed by atoms with Crippen molar-refractivity contribution in [2.75, 3.05) is 25.0 Å². The van der Waals surface area contributed by atoms with Gasteiger partial charge in [-0.15, -0.1) is 0 Å². The van der Waals surface area contributed by atoms with Gasteiger partial charge in [0, 0.05) is 36.7 Å². The van der Waals surface area contributed by atoms with Crippen molar-refractivity contribution in [1.82, 2.24) is 20.0 Å². The number of para-hydroxylation sites is 1. The summed E-state index contributed by atoms with van der Waals surface area (Å²) in [6.45, 7) is 1.82. The molecule has 1 aliphatic heterocycles. The molecule has 1 amide bonds. The maximum absolute atomic E-state index is 12.0. The van der Waals surface area contributed by atoms with Crippen molar-refractivity contribution in [1.29, 1.82) is 0 Å². The van der Waals surface area contributed by atoms with Crippen LogP contribution in [0.5, 0.6) is 0 Å². The Labute approximate surface area is 144 Å². The molecule has 7 nitrogen and oxygen atoms in total. The number of pyridine rings is 1. The lowest BCUT2D eigenvalue weighted by molar-refractivity contribution is -0.118. The molecule has 0 spiro atoms. The van der Waals surface area contributed by atoms with Crippen LogP contribution in [0.3, 0.4) is 0 Å². The monoisotopic (exact) mass is 335 g/mol. The number of hydrogen-bond donors (Lipinski definition) is 1. The lowest BCUT2D eigenvalue weighted by Gasteiger charge is -2.36. The molecule has 3 heterocycles. The predicted octanol–water partition coefficient (Wildman–Crippen LogP) is 2.17. The number of anilines is 1. The molecular weight excluding hydrogens is 318 g/mol. The maximum Gasteiger partial charge on any atom is 0.238 e. The van der Waals surface area contributed by atoms with Crippen molar-refractivity contribution in [2.45, 2.75) is 5.92 Å². The highest BCUT2D eigenvalue weighted by Gasteiger charge is 2.33. The van der Waals surface area contributed by atoms with Gasteiger partial charge < -0.3 is 9.84 Å².